The Bertz CT molecular complexity index is 399. The highest BCUT2D eigenvalue weighted by molar-refractivity contribution is 5.70. The first kappa shape index (κ1) is 14.7. The van der Waals surface area contributed by atoms with Crippen LogP contribution < -0.4 is 5.32 Å². The van der Waals surface area contributed by atoms with Crippen molar-refractivity contribution in [2.45, 2.75) is 40.2 Å². The Balaban J connectivity index is 2.59. The molecule has 0 amide bonds. The summed E-state index contributed by atoms with van der Waals surface area (Å²) in [5, 5.41) is 12.3. The van der Waals surface area contributed by atoms with Crippen LogP contribution in [0.4, 0.5) is 0 Å². The molecule has 0 spiro atoms. The Morgan fingerprint density at radius 3 is 2.44 bits per heavy atom. The molecule has 0 aliphatic carbocycles. The Kier molecular flexibility index (Phi) is 5.35. The number of hydrogen-bond donors (Lipinski definition) is 2. The molecule has 0 heterocycles. The standard InChI is InChI=1S/C15H23NO2/c1-4-15(2,3)11-16-10-13-8-6-5-7-12(13)9-14(17)18/h5-8,16H,4,9-11H2,1-3H3,(H,17,18). The van der Waals surface area contributed by atoms with Crippen molar-refractivity contribution in [3.63, 3.8) is 0 Å². The van der Waals surface area contributed by atoms with Gasteiger partial charge in [-0.25, -0.2) is 0 Å². The number of aliphatic carboxylic acids is 1. The van der Waals surface area contributed by atoms with Crippen molar-refractivity contribution in [2.24, 2.45) is 5.41 Å². The van der Waals surface area contributed by atoms with E-state index in [4.69, 9.17) is 5.11 Å². The van der Waals surface area contributed by atoms with Crippen molar-refractivity contribution < 1.29 is 9.90 Å². The van der Waals surface area contributed by atoms with Crippen LogP contribution in [0.15, 0.2) is 24.3 Å². The summed E-state index contributed by atoms with van der Waals surface area (Å²) in [6.45, 7) is 8.30. The summed E-state index contributed by atoms with van der Waals surface area (Å²) < 4.78 is 0. The maximum absolute atomic E-state index is 10.8. The molecule has 0 aliphatic heterocycles. The predicted molar refractivity (Wildman–Crippen MR) is 73.6 cm³/mol. The molecule has 1 aromatic carbocycles. The number of carboxylic acids is 1. The second kappa shape index (κ2) is 6.55. The third kappa shape index (κ3) is 4.88. The summed E-state index contributed by atoms with van der Waals surface area (Å²) in [7, 11) is 0. The Hall–Kier alpha value is -1.35. The van der Waals surface area contributed by atoms with Crippen LogP contribution in [0.5, 0.6) is 0 Å². The molecule has 0 unspecified atom stereocenters. The number of rotatable bonds is 7. The van der Waals surface area contributed by atoms with Gasteiger partial charge in [0.1, 0.15) is 0 Å². The zero-order chi connectivity index (χ0) is 13.6. The average molecular weight is 249 g/mol. The lowest BCUT2D eigenvalue weighted by atomic mass is 9.90. The Labute approximate surface area is 109 Å². The normalized spacial score (nSPS) is 11.5. The van der Waals surface area contributed by atoms with Gasteiger partial charge in [0.15, 0.2) is 0 Å². The fourth-order valence-corrected chi connectivity index (χ4v) is 1.73. The maximum Gasteiger partial charge on any atom is 0.307 e. The first-order valence-electron chi connectivity index (χ1n) is 6.44. The zero-order valence-electron chi connectivity index (χ0n) is 11.5. The highest BCUT2D eigenvalue weighted by Gasteiger charge is 2.14. The van der Waals surface area contributed by atoms with Gasteiger partial charge in [0.2, 0.25) is 0 Å². The van der Waals surface area contributed by atoms with Gasteiger partial charge in [0, 0.05) is 13.1 Å². The molecule has 3 nitrogen and oxygen atoms in total. The van der Waals surface area contributed by atoms with Gasteiger partial charge in [-0.2, -0.15) is 0 Å². The van der Waals surface area contributed by atoms with E-state index in [1.165, 1.54) is 0 Å². The van der Waals surface area contributed by atoms with E-state index in [1.807, 2.05) is 24.3 Å². The summed E-state index contributed by atoms with van der Waals surface area (Å²) in [4.78, 5) is 10.8. The lowest BCUT2D eigenvalue weighted by molar-refractivity contribution is -0.136. The Morgan fingerprint density at radius 2 is 1.89 bits per heavy atom. The lowest BCUT2D eigenvalue weighted by Crippen LogP contribution is -2.28. The van der Waals surface area contributed by atoms with E-state index in [0.29, 0.717) is 0 Å². The van der Waals surface area contributed by atoms with Crippen molar-refractivity contribution in [1.29, 1.82) is 0 Å². The van der Waals surface area contributed by atoms with E-state index in [2.05, 4.69) is 26.1 Å². The molecule has 3 heteroatoms. The van der Waals surface area contributed by atoms with Crippen LogP contribution in [-0.2, 0) is 17.8 Å². The molecule has 18 heavy (non-hydrogen) atoms. The number of nitrogens with one attached hydrogen (secondary N) is 1. The van der Waals surface area contributed by atoms with Crippen LogP contribution >= 0.6 is 0 Å². The highest BCUT2D eigenvalue weighted by atomic mass is 16.4. The van der Waals surface area contributed by atoms with Crippen LogP contribution in [0.2, 0.25) is 0 Å². The number of hydrogen-bond acceptors (Lipinski definition) is 2. The second-order valence-corrected chi connectivity index (χ2v) is 5.46. The SMILES string of the molecule is CCC(C)(C)CNCc1ccccc1CC(=O)O. The van der Waals surface area contributed by atoms with Gasteiger partial charge in [0.25, 0.3) is 0 Å². The molecule has 0 atom stereocenters. The smallest absolute Gasteiger partial charge is 0.307 e. The van der Waals surface area contributed by atoms with Crippen LogP contribution in [0.3, 0.4) is 0 Å². The third-order valence-electron chi connectivity index (χ3n) is 3.34. The van der Waals surface area contributed by atoms with Crippen LogP contribution in [0, 0.1) is 5.41 Å². The third-order valence-corrected chi connectivity index (χ3v) is 3.34. The summed E-state index contributed by atoms with van der Waals surface area (Å²) in [6.07, 6.45) is 1.21. The topological polar surface area (TPSA) is 49.3 Å². The summed E-state index contributed by atoms with van der Waals surface area (Å²) in [5.41, 5.74) is 2.25. The molecule has 1 rings (SSSR count). The predicted octanol–water partition coefficient (Wildman–Crippen LogP) is 2.84. The van der Waals surface area contributed by atoms with Gasteiger partial charge < -0.3 is 10.4 Å². The molecule has 0 saturated heterocycles. The quantitative estimate of drug-likeness (QED) is 0.781. The van der Waals surface area contributed by atoms with Crippen molar-refractivity contribution >= 4 is 5.97 Å². The minimum Gasteiger partial charge on any atom is -0.481 e. The molecular weight excluding hydrogens is 226 g/mol. The lowest BCUT2D eigenvalue weighted by Gasteiger charge is -2.23. The van der Waals surface area contributed by atoms with Gasteiger partial charge >= 0.3 is 5.97 Å². The zero-order valence-corrected chi connectivity index (χ0v) is 11.5. The van der Waals surface area contributed by atoms with E-state index in [0.717, 1.165) is 30.6 Å². The molecule has 1 aromatic rings. The summed E-state index contributed by atoms with van der Waals surface area (Å²) >= 11 is 0. The summed E-state index contributed by atoms with van der Waals surface area (Å²) in [6, 6.07) is 7.71. The van der Waals surface area contributed by atoms with Gasteiger partial charge in [0.05, 0.1) is 6.42 Å². The summed E-state index contributed by atoms with van der Waals surface area (Å²) in [5.74, 6) is -0.781. The highest BCUT2D eigenvalue weighted by Crippen LogP contribution is 2.18. The molecule has 0 aromatic heterocycles. The Morgan fingerprint density at radius 1 is 1.28 bits per heavy atom. The second-order valence-electron chi connectivity index (χ2n) is 5.46. The van der Waals surface area contributed by atoms with Crippen molar-refractivity contribution in [3.05, 3.63) is 35.4 Å². The van der Waals surface area contributed by atoms with Gasteiger partial charge in [-0.3, -0.25) is 4.79 Å². The fourth-order valence-electron chi connectivity index (χ4n) is 1.73. The van der Waals surface area contributed by atoms with Crippen LogP contribution in [-0.4, -0.2) is 17.6 Å². The van der Waals surface area contributed by atoms with E-state index in [9.17, 15) is 4.79 Å². The molecule has 0 saturated carbocycles. The largest absolute Gasteiger partial charge is 0.481 e. The monoisotopic (exact) mass is 249 g/mol. The van der Waals surface area contributed by atoms with E-state index >= 15 is 0 Å². The average Bonchev–Trinajstić information content (AvgIpc) is 2.30. The van der Waals surface area contributed by atoms with Gasteiger partial charge in [-0.05, 0) is 23.0 Å². The van der Waals surface area contributed by atoms with Crippen molar-refractivity contribution in [2.75, 3.05) is 6.54 Å². The van der Waals surface area contributed by atoms with E-state index in [1.54, 1.807) is 0 Å². The molecule has 0 fully saturated rings. The molecule has 0 bridgehead atoms. The molecule has 0 radical (unpaired) electrons. The maximum atomic E-state index is 10.8. The van der Waals surface area contributed by atoms with Gasteiger partial charge in [-0.1, -0.05) is 45.0 Å². The number of carboxylic acid groups (broad SMARTS) is 1. The molecule has 2 N–H and O–H groups in total. The minimum atomic E-state index is -0.781. The van der Waals surface area contributed by atoms with Gasteiger partial charge in [-0.15, -0.1) is 0 Å². The molecule has 0 aliphatic rings. The van der Waals surface area contributed by atoms with E-state index < -0.39 is 5.97 Å². The fraction of sp³-hybridized carbons (Fsp3) is 0.533. The van der Waals surface area contributed by atoms with Crippen LogP contribution in [0.25, 0.3) is 0 Å². The first-order valence-corrected chi connectivity index (χ1v) is 6.44. The van der Waals surface area contributed by atoms with Crippen LogP contribution in [0.1, 0.15) is 38.3 Å². The first-order chi connectivity index (χ1) is 8.44. The number of carbonyl (C=O) groups is 1. The minimum absolute atomic E-state index is 0.0923. The molecular formula is C15H23NO2. The number of benzene rings is 1. The van der Waals surface area contributed by atoms with Crippen molar-refractivity contribution in [3.8, 4) is 0 Å². The molecule has 100 valence electrons. The van der Waals surface area contributed by atoms with Crippen molar-refractivity contribution in [1.82, 2.24) is 5.32 Å². The van der Waals surface area contributed by atoms with E-state index in [-0.39, 0.29) is 11.8 Å².